The lowest BCUT2D eigenvalue weighted by atomic mass is 9.83. The Labute approximate surface area is 189 Å². The molecule has 1 aromatic carbocycles. The monoisotopic (exact) mass is 568 g/mol. The highest BCUT2D eigenvalue weighted by molar-refractivity contribution is 5.28. The Balaban J connectivity index is 3.62. The third-order valence-corrected chi connectivity index (χ3v) is 4.99. The fraction of sp³-hybridized carbons (Fsp3) is 0.667. The number of hydrogen-bond donors (Lipinski definition) is 1. The Morgan fingerprint density at radius 2 is 0.944 bits per heavy atom. The summed E-state index contributed by atoms with van der Waals surface area (Å²) in [6, 6.07) is 3.83. The molecule has 210 valence electrons. The Morgan fingerprint density at radius 3 is 1.31 bits per heavy atom. The Bertz CT molecular complexity index is 945. The molecule has 0 bridgehead atoms. The van der Waals surface area contributed by atoms with E-state index in [1.807, 2.05) is 0 Å². The Hall–Kier alpha value is -2.01. The summed E-state index contributed by atoms with van der Waals surface area (Å²) in [6.45, 7) is 1.51. The van der Waals surface area contributed by atoms with Crippen molar-refractivity contribution in [3.8, 4) is 0 Å². The number of benzene rings is 1. The van der Waals surface area contributed by atoms with Crippen molar-refractivity contribution in [3.63, 3.8) is 0 Å². The standard InChI is InChI=1S/C18H13F17O/c1-8-4-3-5-9(6-8)10(2,36)7-11(19,20)12(21,22)13(23,24)14(25,26)15(27,28)16(29,30)17(31,32)18(33,34)35/h3-6,36H,7H2,1-2H3. The van der Waals surface area contributed by atoms with E-state index in [2.05, 4.69) is 0 Å². The fourth-order valence-corrected chi connectivity index (χ4v) is 2.82. The number of halogens is 17. The van der Waals surface area contributed by atoms with Gasteiger partial charge in [0.15, 0.2) is 0 Å². The summed E-state index contributed by atoms with van der Waals surface area (Å²) in [4.78, 5) is 0. The predicted octanol–water partition coefficient (Wildman–Crippen LogP) is 7.60. The summed E-state index contributed by atoms with van der Waals surface area (Å²) >= 11 is 0. The molecule has 0 aliphatic rings. The first kappa shape index (κ1) is 32.0. The zero-order valence-corrected chi connectivity index (χ0v) is 17.4. The van der Waals surface area contributed by atoms with E-state index in [1.54, 1.807) is 0 Å². The molecule has 18 heteroatoms. The zero-order chi connectivity index (χ0) is 29.2. The van der Waals surface area contributed by atoms with E-state index in [0.717, 1.165) is 18.2 Å². The van der Waals surface area contributed by atoms with E-state index in [9.17, 15) is 79.7 Å². The molecule has 0 aromatic heterocycles. The highest BCUT2D eigenvalue weighted by atomic mass is 19.4. The molecule has 0 fully saturated rings. The Kier molecular flexibility index (Phi) is 7.57. The smallest absolute Gasteiger partial charge is 0.385 e. The van der Waals surface area contributed by atoms with Gasteiger partial charge in [-0.3, -0.25) is 0 Å². The maximum absolute atomic E-state index is 14.1. The van der Waals surface area contributed by atoms with Crippen molar-refractivity contribution in [3.05, 3.63) is 35.4 Å². The first-order valence-electron chi connectivity index (χ1n) is 8.96. The van der Waals surface area contributed by atoms with Crippen molar-refractivity contribution < 1.29 is 79.7 Å². The van der Waals surface area contributed by atoms with Crippen LogP contribution >= 0.6 is 0 Å². The van der Waals surface area contributed by atoms with Crippen LogP contribution in [-0.4, -0.2) is 52.7 Å². The summed E-state index contributed by atoms with van der Waals surface area (Å²) < 4.78 is 226. The van der Waals surface area contributed by atoms with E-state index in [4.69, 9.17) is 0 Å². The van der Waals surface area contributed by atoms with Gasteiger partial charge in [-0.15, -0.1) is 0 Å². The normalized spacial score (nSPS) is 17.2. The summed E-state index contributed by atoms with van der Waals surface area (Å²) in [7, 11) is 0. The first-order valence-corrected chi connectivity index (χ1v) is 8.96. The zero-order valence-electron chi connectivity index (χ0n) is 17.4. The second-order valence-electron chi connectivity index (χ2n) is 7.97. The van der Waals surface area contributed by atoms with Crippen molar-refractivity contribution in [2.45, 2.75) is 73.5 Å². The summed E-state index contributed by atoms with van der Waals surface area (Å²) in [5, 5.41) is 10.0. The maximum atomic E-state index is 14.1. The molecule has 0 saturated carbocycles. The van der Waals surface area contributed by atoms with Crippen LogP contribution in [0.15, 0.2) is 24.3 Å². The van der Waals surface area contributed by atoms with Crippen LogP contribution in [0.1, 0.15) is 24.5 Å². The minimum atomic E-state index is -8.68. The SMILES string of the molecule is Cc1cccc(C(C)(O)CC(F)(F)C(F)(F)C(F)(F)C(F)(F)C(F)(F)C(F)(F)C(F)(F)C(F)(F)F)c1. The van der Waals surface area contributed by atoms with Crippen molar-refractivity contribution in [1.82, 2.24) is 0 Å². The van der Waals surface area contributed by atoms with Crippen molar-refractivity contribution in [2.24, 2.45) is 0 Å². The quantitative estimate of drug-likeness (QED) is 0.305. The molecule has 0 aliphatic carbocycles. The van der Waals surface area contributed by atoms with Crippen LogP contribution in [0.2, 0.25) is 0 Å². The summed E-state index contributed by atoms with van der Waals surface area (Å²) in [5.41, 5.74) is -3.89. The van der Waals surface area contributed by atoms with Gasteiger partial charge in [-0.05, 0) is 19.4 Å². The second-order valence-corrected chi connectivity index (χ2v) is 7.97. The van der Waals surface area contributed by atoms with Crippen LogP contribution in [0.5, 0.6) is 0 Å². The van der Waals surface area contributed by atoms with Crippen LogP contribution in [0, 0.1) is 6.92 Å². The van der Waals surface area contributed by atoms with E-state index in [0.29, 0.717) is 0 Å². The molecule has 0 heterocycles. The van der Waals surface area contributed by atoms with Crippen molar-refractivity contribution in [1.29, 1.82) is 0 Å². The molecule has 1 unspecified atom stereocenters. The molecule has 1 atom stereocenters. The second kappa shape index (κ2) is 8.51. The van der Waals surface area contributed by atoms with Crippen LogP contribution < -0.4 is 0 Å². The van der Waals surface area contributed by atoms with E-state index in [-0.39, 0.29) is 12.5 Å². The molecular formula is C18H13F17O. The maximum Gasteiger partial charge on any atom is 0.460 e. The third-order valence-electron chi connectivity index (χ3n) is 4.99. The molecule has 1 rings (SSSR count). The minimum absolute atomic E-state index is 0.146. The highest BCUT2D eigenvalue weighted by Gasteiger charge is 2.95. The largest absolute Gasteiger partial charge is 0.460 e. The number of aryl methyl sites for hydroxylation is 1. The summed E-state index contributed by atoms with van der Waals surface area (Å²) in [5.74, 6) is -57.0. The molecule has 0 radical (unpaired) electrons. The molecular weight excluding hydrogens is 555 g/mol. The van der Waals surface area contributed by atoms with Gasteiger partial charge < -0.3 is 5.11 Å². The van der Waals surface area contributed by atoms with E-state index in [1.165, 1.54) is 13.0 Å². The highest BCUT2D eigenvalue weighted by Crippen LogP contribution is 2.64. The number of alkyl halides is 17. The van der Waals surface area contributed by atoms with Gasteiger partial charge in [0, 0.05) is 0 Å². The molecule has 0 amide bonds. The predicted molar refractivity (Wildman–Crippen MR) is 86.1 cm³/mol. The number of hydrogen-bond acceptors (Lipinski definition) is 1. The summed E-state index contributed by atoms with van der Waals surface area (Å²) in [6.07, 6.45) is -10.8. The lowest BCUT2D eigenvalue weighted by Gasteiger charge is -2.43. The van der Waals surface area contributed by atoms with Crippen LogP contribution in [0.4, 0.5) is 74.6 Å². The molecule has 1 aromatic rings. The van der Waals surface area contributed by atoms with Gasteiger partial charge in [-0.2, -0.15) is 74.6 Å². The number of rotatable bonds is 9. The number of aliphatic hydroxyl groups is 1. The Morgan fingerprint density at radius 1 is 0.583 bits per heavy atom. The van der Waals surface area contributed by atoms with Crippen LogP contribution in [0.3, 0.4) is 0 Å². The average Bonchev–Trinajstić information content (AvgIpc) is 2.65. The molecule has 0 aliphatic heterocycles. The van der Waals surface area contributed by atoms with Crippen molar-refractivity contribution in [2.75, 3.05) is 0 Å². The average molecular weight is 568 g/mol. The van der Waals surface area contributed by atoms with Gasteiger partial charge in [0.05, 0.1) is 12.0 Å². The van der Waals surface area contributed by atoms with Gasteiger partial charge in [0.25, 0.3) is 0 Å². The molecule has 1 nitrogen and oxygen atoms in total. The fourth-order valence-electron chi connectivity index (χ4n) is 2.82. The molecule has 1 N–H and O–H groups in total. The van der Waals surface area contributed by atoms with Crippen LogP contribution in [-0.2, 0) is 5.60 Å². The topological polar surface area (TPSA) is 20.2 Å². The minimum Gasteiger partial charge on any atom is -0.385 e. The third kappa shape index (κ3) is 4.46. The van der Waals surface area contributed by atoms with Gasteiger partial charge in [-0.25, -0.2) is 0 Å². The van der Waals surface area contributed by atoms with Gasteiger partial charge in [0.2, 0.25) is 0 Å². The molecule has 0 saturated heterocycles. The van der Waals surface area contributed by atoms with Crippen molar-refractivity contribution >= 4 is 0 Å². The van der Waals surface area contributed by atoms with Gasteiger partial charge >= 0.3 is 47.6 Å². The van der Waals surface area contributed by atoms with E-state index >= 15 is 0 Å². The lowest BCUT2D eigenvalue weighted by molar-refractivity contribution is -0.462. The van der Waals surface area contributed by atoms with Gasteiger partial charge in [0.1, 0.15) is 0 Å². The van der Waals surface area contributed by atoms with E-state index < -0.39 is 65.2 Å². The van der Waals surface area contributed by atoms with Gasteiger partial charge in [-0.1, -0.05) is 29.8 Å². The molecule has 0 spiro atoms. The molecule has 36 heavy (non-hydrogen) atoms. The lowest BCUT2D eigenvalue weighted by Crippen LogP contribution is -2.74. The van der Waals surface area contributed by atoms with Crippen LogP contribution in [0.25, 0.3) is 0 Å². The first-order chi connectivity index (χ1) is 15.5.